The van der Waals surface area contributed by atoms with Crippen molar-refractivity contribution >= 4 is 28.9 Å². The summed E-state index contributed by atoms with van der Waals surface area (Å²) >= 11 is 7.17. The molecule has 1 aromatic carbocycles. The Bertz CT molecular complexity index is 624. The van der Waals surface area contributed by atoms with E-state index in [1.54, 1.807) is 7.11 Å². The van der Waals surface area contributed by atoms with Crippen molar-refractivity contribution in [2.24, 2.45) is 0 Å². The highest BCUT2D eigenvalue weighted by molar-refractivity contribution is 7.17. The van der Waals surface area contributed by atoms with Crippen LogP contribution >= 0.6 is 22.9 Å². The summed E-state index contributed by atoms with van der Waals surface area (Å²) in [5.41, 5.74) is 1.92. The molecule has 0 aliphatic rings. The summed E-state index contributed by atoms with van der Waals surface area (Å²) in [7, 11) is 2.93. The van der Waals surface area contributed by atoms with Gasteiger partial charge < -0.3 is 9.47 Å². The molecule has 4 nitrogen and oxygen atoms in total. The lowest BCUT2D eigenvalue weighted by molar-refractivity contribution is 0.0606. The van der Waals surface area contributed by atoms with Gasteiger partial charge in [-0.25, -0.2) is 9.78 Å². The first kappa shape index (κ1) is 13.8. The van der Waals surface area contributed by atoms with Gasteiger partial charge in [0, 0.05) is 5.56 Å². The van der Waals surface area contributed by atoms with Crippen LogP contribution in [0.15, 0.2) is 18.2 Å². The number of nitrogens with zero attached hydrogens (tertiary/aromatic N) is 1. The fourth-order valence-corrected chi connectivity index (χ4v) is 2.93. The molecule has 2 rings (SSSR count). The Hall–Kier alpha value is -1.59. The molecule has 0 radical (unpaired) electrons. The van der Waals surface area contributed by atoms with Crippen LogP contribution in [0.5, 0.6) is 5.75 Å². The van der Waals surface area contributed by atoms with E-state index < -0.39 is 5.97 Å². The Labute approximate surface area is 120 Å². The van der Waals surface area contributed by atoms with Gasteiger partial charge in [-0.15, -0.1) is 11.3 Å². The first-order valence-corrected chi connectivity index (χ1v) is 6.66. The number of rotatable bonds is 3. The first-order valence-electron chi connectivity index (χ1n) is 5.46. The number of hydrogen-bond acceptors (Lipinski definition) is 5. The molecule has 1 aromatic heterocycles. The second-order valence-electron chi connectivity index (χ2n) is 3.81. The zero-order chi connectivity index (χ0) is 14.0. The number of thiazole rings is 1. The second kappa shape index (κ2) is 5.59. The number of carbonyl (C=O) groups is 1. The van der Waals surface area contributed by atoms with Crippen LogP contribution in [0.1, 0.15) is 15.2 Å². The first-order chi connectivity index (χ1) is 9.06. The maximum atomic E-state index is 11.5. The van der Waals surface area contributed by atoms with Crippen molar-refractivity contribution in [1.29, 1.82) is 0 Å². The zero-order valence-electron chi connectivity index (χ0n) is 10.7. The molecule has 100 valence electrons. The summed E-state index contributed by atoms with van der Waals surface area (Å²) in [4.78, 5) is 16.0. The molecule has 0 fully saturated rings. The molecular weight excluding hydrogens is 286 g/mol. The van der Waals surface area contributed by atoms with Gasteiger partial charge in [-0.05, 0) is 30.7 Å². The van der Waals surface area contributed by atoms with Gasteiger partial charge in [0.2, 0.25) is 0 Å². The highest BCUT2D eigenvalue weighted by Gasteiger charge is 2.19. The summed E-state index contributed by atoms with van der Waals surface area (Å²) in [6.45, 7) is 1.95. The van der Waals surface area contributed by atoms with Crippen molar-refractivity contribution < 1.29 is 14.3 Å². The van der Waals surface area contributed by atoms with Gasteiger partial charge in [0.15, 0.2) is 10.0 Å². The van der Waals surface area contributed by atoms with Crippen LogP contribution in [0.25, 0.3) is 10.6 Å². The van der Waals surface area contributed by atoms with Crippen LogP contribution in [0, 0.1) is 6.92 Å². The molecule has 0 amide bonds. The van der Waals surface area contributed by atoms with Crippen molar-refractivity contribution in [2.75, 3.05) is 14.2 Å². The van der Waals surface area contributed by atoms with Gasteiger partial charge in [-0.3, -0.25) is 0 Å². The number of carbonyl (C=O) groups excluding carboxylic acids is 1. The van der Waals surface area contributed by atoms with Crippen LogP contribution in [0.2, 0.25) is 5.15 Å². The quantitative estimate of drug-likeness (QED) is 0.813. The monoisotopic (exact) mass is 297 g/mol. The normalized spacial score (nSPS) is 10.3. The van der Waals surface area contributed by atoms with Gasteiger partial charge in [-0.1, -0.05) is 11.6 Å². The predicted octanol–water partition coefficient (Wildman–Crippen LogP) is 3.57. The molecule has 0 saturated carbocycles. The molecule has 6 heteroatoms. The maximum absolute atomic E-state index is 11.5. The number of ether oxygens (including phenoxy) is 2. The number of benzene rings is 1. The van der Waals surface area contributed by atoms with Gasteiger partial charge in [0.1, 0.15) is 10.8 Å². The SMILES string of the molecule is COC(=O)c1sc(-c2ccc(OC)cc2C)nc1Cl. The standard InChI is InChI=1S/C13H12ClNO3S/c1-7-6-8(17-2)4-5-9(7)12-15-11(14)10(19-12)13(16)18-3/h4-6H,1-3H3. The van der Waals surface area contributed by atoms with Crippen molar-refractivity contribution in [3.63, 3.8) is 0 Å². The van der Waals surface area contributed by atoms with Crippen molar-refractivity contribution in [1.82, 2.24) is 4.98 Å². The predicted molar refractivity (Wildman–Crippen MR) is 75.2 cm³/mol. The number of aromatic nitrogens is 1. The summed E-state index contributed by atoms with van der Waals surface area (Å²) in [5.74, 6) is 0.303. The van der Waals surface area contributed by atoms with E-state index in [2.05, 4.69) is 9.72 Å². The third-order valence-corrected chi connectivity index (χ3v) is 4.07. The number of hydrogen-bond donors (Lipinski definition) is 0. The van der Waals surface area contributed by atoms with Crippen LogP contribution < -0.4 is 4.74 Å². The van der Waals surface area contributed by atoms with Crippen LogP contribution in [0.3, 0.4) is 0 Å². The second-order valence-corrected chi connectivity index (χ2v) is 5.17. The van der Waals surface area contributed by atoms with E-state index in [4.69, 9.17) is 16.3 Å². The molecule has 0 saturated heterocycles. The Morgan fingerprint density at radius 3 is 2.68 bits per heavy atom. The maximum Gasteiger partial charge on any atom is 0.351 e. The van der Waals surface area contributed by atoms with Crippen LogP contribution in [0.4, 0.5) is 0 Å². The molecule has 2 aromatic rings. The molecular formula is C13H12ClNO3S. The molecule has 0 atom stereocenters. The average molecular weight is 298 g/mol. The number of aryl methyl sites for hydroxylation is 1. The average Bonchev–Trinajstić information content (AvgIpc) is 2.79. The lowest BCUT2D eigenvalue weighted by atomic mass is 10.1. The zero-order valence-corrected chi connectivity index (χ0v) is 12.3. The van der Waals surface area contributed by atoms with Crippen LogP contribution in [-0.4, -0.2) is 25.2 Å². The largest absolute Gasteiger partial charge is 0.497 e. The molecule has 0 aliphatic heterocycles. The van der Waals surface area contributed by atoms with Crippen LogP contribution in [-0.2, 0) is 4.74 Å². The fraction of sp³-hybridized carbons (Fsp3) is 0.231. The minimum atomic E-state index is -0.472. The van der Waals surface area contributed by atoms with E-state index in [-0.39, 0.29) is 5.15 Å². The molecule has 1 heterocycles. The fourth-order valence-electron chi connectivity index (χ4n) is 1.64. The smallest absolute Gasteiger partial charge is 0.351 e. The molecule has 0 aliphatic carbocycles. The topological polar surface area (TPSA) is 48.4 Å². The van der Waals surface area contributed by atoms with Gasteiger partial charge in [-0.2, -0.15) is 0 Å². The number of esters is 1. The Kier molecular flexibility index (Phi) is 4.07. The highest BCUT2D eigenvalue weighted by Crippen LogP contribution is 2.34. The lowest BCUT2D eigenvalue weighted by Gasteiger charge is -2.05. The van der Waals surface area contributed by atoms with Gasteiger partial charge >= 0.3 is 5.97 Å². The minimum Gasteiger partial charge on any atom is -0.497 e. The van der Waals surface area contributed by atoms with E-state index >= 15 is 0 Å². The van der Waals surface area contributed by atoms with Crippen molar-refractivity contribution in [3.8, 4) is 16.3 Å². The highest BCUT2D eigenvalue weighted by atomic mass is 35.5. The van der Waals surface area contributed by atoms with E-state index in [1.807, 2.05) is 25.1 Å². The Morgan fingerprint density at radius 2 is 2.11 bits per heavy atom. The van der Waals surface area contributed by atoms with Gasteiger partial charge in [0.25, 0.3) is 0 Å². The van der Waals surface area contributed by atoms with E-state index in [1.165, 1.54) is 18.4 Å². The summed E-state index contributed by atoms with van der Waals surface area (Å²) in [5, 5.41) is 0.854. The third-order valence-electron chi connectivity index (χ3n) is 2.62. The Balaban J connectivity index is 2.45. The van der Waals surface area contributed by atoms with E-state index in [9.17, 15) is 4.79 Å². The molecule has 0 unspecified atom stereocenters. The lowest BCUT2D eigenvalue weighted by Crippen LogP contribution is -1.98. The molecule has 19 heavy (non-hydrogen) atoms. The van der Waals surface area contributed by atoms with E-state index in [0.717, 1.165) is 16.9 Å². The number of methoxy groups -OCH3 is 2. The summed E-state index contributed by atoms with van der Waals surface area (Å²) in [6.07, 6.45) is 0. The molecule has 0 spiro atoms. The van der Waals surface area contributed by atoms with Gasteiger partial charge in [0.05, 0.1) is 14.2 Å². The Morgan fingerprint density at radius 1 is 1.37 bits per heavy atom. The molecule has 0 bridgehead atoms. The summed E-state index contributed by atoms with van der Waals surface area (Å²) < 4.78 is 9.81. The van der Waals surface area contributed by atoms with E-state index in [0.29, 0.717) is 9.88 Å². The van der Waals surface area contributed by atoms with Crippen molar-refractivity contribution in [2.45, 2.75) is 6.92 Å². The van der Waals surface area contributed by atoms with Crippen molar-refractivity contribution in [3.05, 3.63) is 33.8 Å². The third kappa shape index (κ3) is 2.72. The minimum absolute atomic E-state index is 0.169. The molecule has 0 N–H and O–H groups in total. The number of halogens is 1. The summed E-state index contributed by atoms with van der Waals surface area (Å²) in [6, 6.07) is 5.64.